The van der Waals surface area contributed by atoms with Gasteiger partial charge < -0.3 is 10.6 Å². The van der Waals surface area contributed by atoms with Gasteiger partial charge in [0, 0.05) is 10.9 Å². The Bertz CT molecular complexity index is 584. The molecule has 1 heterocycles. The van der Waals surface area contributed by atoms with Crippen LogP contribution in [0.2, 0.25) is 5.02 Å². The number of amides is 1. The van der Waals surface area contributed by atoms with Crippen LogP contribution < -0.4 is 10.6 Å². The van der Waals surface area contributed by atoms with Crippen molar-refractivity contribution in [2.75, 3.05) is 11.9 Å². The van der Waals surface area contributed by atoms with E-state index in [-0.39, 0.29) is 18.5 Å². The second kappa shape index (κ2) is 7.59. The molecule has 0 saturated heterocycles. The maximum atomic E-state index is 12.0. The van der Waals surface area contributed by atoms with E-state index >= 15 is 0 Å². The van der Waals surface area contributed by atoms with Crippen LogP contribution in [0.4, 0.5) is 5.69 Å². The first-order chi connectivity index (χ1) is 10.1. The van der Waals surface area contributed by atoms with E-state index < -0.39 is 0 Å². The van der Waals surface area contributed by atoms with Crippen LogP contribution in [0, 0.1) is 5.92 Å². The molecule has 0 aliphatic heterocycles. The number of hydrogen-bond donors (Lipinski definition) is 2. The Labute approximate surface area is 134 Å². The van der Waals surface area contributed by atoms with Gasteiger partial charge in [0.05, 0.1) is 17.3 Å². The fourth-order valence-electron chi connectivity index (χ4n) is 2.09. The van der Waals surface area contributed by atoms with Crippen LogP contribution in [0.25, 0.3) is 0 Å². The van der Waals surface area contributed by atoms with Crippen molar-refractivity contribution in [3.05, 3.63) is 51.7 Å². The normalized spacial score (nSPS) is 12.4. The summed E-state index contributed by atoms with van der Waals surface area (Å²) < 4.78 is 0. The Balaban J connectivity index is 1.92. The molecule has 0 spiro atoms. The van der Waals surface area contributed by atoms with E-state index in [4.69, 9.17) is 11.6 Å². The third kappa shape index (κ3) is 4.56. The molecule has 0 aliphatic rings. The molecule has 2 N–H and O–H groups in total. The molecule has 112 valence electrons. The summed E-state index contributed by atoms with van der Waals surface area (Å²) in [5, 5.41) is 8.73. The number of carbonyl (C=O) groups excluding carboxylic acids is 1. The Hall–Kier alpha value is -1.36. The second-order valence-corrected chi connectivity index (χ2v) is 6.53. The van der Waals surface area contributed by atoms with Crippen LogP contribution in [-0.4, -0.2) is 12.5 Å². The number of rotatable bonds is 6. The van der Waals surface area contributed by atoms with E-state index in [1.54, 1.807) is 23.5 Å². The monoisotopic (exact) mass is 322 g/mol. The van der Waals surface area contributed by atoms with Crippen molar-refractivity contribution in [1.82, 2.24) is 5.32 Å². The van der Waals surface area contributed by atoms with E-state index in [1.165, 1.54) is 4.88 Å². The number of para-hydroxylation sites is 1. The lowest BCUT2D eigenvalue weighted by Crippen LogP contribution is -2.33. The molecule has 1 aromatic heterocycles. The third-order valence-electron chi connectivity index (χ3n) is 3.15. The van der Waals surface area contributed by atoms with Gasteiger partial charge in [-0.3, -0.25) is 4.79 Å². The number of carbonyl (C=O) groups is 1. The number of nitrogens with one attached hydrogen (secondary N) is 2. The predicted molar refractivity (Wildman–Crippen MR) is 90.0 cm³/mol. The average molecular weight is 323 g/mol. The largest absolute Gasteiger partial charge is 0.324 e. The molecule has 2 aromatic rings. The first-order valence-corrected chi connectivity index (χ1v) is 8.15. The van der Waals surface area contributed by atoms with Crippen molar-refractivity contribution < 1.29 is 4.79 Å². The van der Waals surface area contributed by atoms with Gasteiger partial charge in [0.2, 0.25) is 5.91 Å². The lowest BCUT2D eigenvalue weighted by Gasteiger charge is -2.21. The highest BCUT2D eigenvalue weighted by molar-refractivity contribution is 7.10. The van der Waals surface area contributed by atoms with Crippen molar-refractivity contribution in [3.63, 3.8) is 0 Å². The molecule has 1 amide bonds. The summed E-state index contributed by atoms with van der Waals surface area (Å²) in [5.41, 5.74) is 0.642. The molecule has 21 heavy (non-hydrogen) atoms. The second-order valence-electron chi connectivity index (χ2n) is 5.15. The minimum Gasteiger partial charge on any atom is -0.324 e. The molecular formula is C16H19ClN2OS. The summed E-state index contributed by atoms with van der Waals surface area (Å²) in [6, 6.07) is 11.5. The Morgan fingerprint density at radius 3 is 2.62 bits per heavy atom. The van der Waals surface area contributed by atoms with E-state index in [2.05, 4.69) is 35.9 Å². The number of halogens is 1. The number of benzene rings is 1. The SMILES string of the molecule is CC(C)C(NCC(=O)Nc1ccccc1Cl)c1cccs1. The summed E-state index contributed by atoms with van der Waals surface area (Å²) in [5.74, 6) is 0.321. The molecule has 0 bridgehead atoms. The molecule has 0 radical (unpaired) electrons. The van der Waals surface area contributed by atoms with Crippen molar-refractivity contribution in [2.24, 2.45) is 5.92 Å². The number of hydrogen-bond acceptors (Lipinski definition) is 3. The van der Waals surface area contributed by atoms with Crippen LogP contribution in [-0.2, 0) is 4.79 Å². The lowest BCUT2D eigenvalue weighted by atomic mass is 10.0. The van der Waals surface area contributed by atoms with Crippen LogP contribution in [0.1, 0.15) is 24.8 Å². The Morgan fingerprint density at radius 1 is 1.24 bits per heavy atom. The van der Waals surface area contributed by atoms with Crippen molar-refractivity contribution in [1.29, 1.82) is 0 Å². The zero-order chi connectivity index (χ0) is 15.2. The topological polar surface area (TPSA) is 41.1 Å². The minimum atomic E-state index is -0.0923. The van der Waals surface area contributed by atoms with Crippen LogP contribution in [0.15, 0.2) is 41.8 Å². The van der Waals surface area contributed by atoms with Crippen LogP contribution in [0.5, 0.6) is 0 Å². The zero-order valence-electron chi connectivity index (χ0n) is 12.1. The van der Waals surface area contributed by atoms with Crippen LogP contribution in [0.3, 0.4) is 0 Å². The quantitative estimate of drug-likeness (QED) is 0.831. The maximum Gasteiger partial charge on any atom is 0.238 e. The summed E-state index contributed by atoms with van der Waals surface area (Å²) in [6.07, 6.45) is 0. The van der Waals surface area contributed by atoms with Crippen molar-refractivity contribution in [3.8, 4) is 0 Å². The maximum absolute atomic E-state index is 12.0. The molecule has 3 nitrogen and oxygen atoms in total. The average Bonchev–Trinajstić information content (AvgIpc) is 2.95. The molecular weight excluding hydrogens is 304 g/mol. The summed E-state index contributed by atoms with van der Waals surface area (Å²) in [6.45, 7) is 4.54. The van der Waals surface area contributed by atoms with E-state index in [1.807, 2.05) is 18.2 Å². The fraction of sp³-hybridized carbons (Fsp3) is 0.312. The van der Waals surface area contributed by atoms with Gasteiger partial charge in [-0.25, -0.2) is 0 Å². The highest BCUT2D eigenvalue weighted by atomic mass is 35.5. The van der Waals surface area contributed by atoms with Gasteiger partial charge in [0.15, 0.2) is 0 Å². The van der Waals surface area contributed by atoms with E-state index in [0.717, 1.165) is 0 Å². The predicted octanol–water partition coefficient (Wildman–Crippen LogP) is 4.33. The first kappa shape index (κ1) is 16.0. The minimum absolute atomic E-state index is 0.0923. The molecule has 1 unspecified atom stereocenters. The smallest absolute Gasteiger partial charge is 0.238 e. The summed E-state index contributed by atoms with van der Waals surface area (Å²) in [4.78, 5) is 13.3. The zero-order valence-corrected chi connectivity index (χ0v) is 13.7. The fourth-order valence-corrected chi connectivity index (χ4v) is 3.25. The molecule has 0 aliphatic carbocycles. The molecule has 0 fully saturated rings. The molecule has 5 heteroatoms. The van der Waals surface area contributed by atoms with Crippen LogP contribution >= 0.6 is 22.9 Å². The van der Waals surface area contributed by atoms with Gasteiger partial charge in [0.1, 0.15) is 0 Å². The van der Waals surface area contributed by atoms with E-state index in [0.29, 0.717) is 16.6 Å². The van der Waals surface area contributed by atoms with Gasteiger partial charge >= 0.3 is 0 Å². The van der Waals surface area contributed by atoms with Gasteiger partial charge in [0.25, 0.3) is 0 Å². The molecule has 2 rings (SSSR count). The number of thiophene rings is 1. The van der Waals surface area contributed by atoms with Gasteiger partial charge in [-0.05, 0) is 29.5 Å². The lowest BCUT2D eigenvalue weighted by molar-refractivity contribution is -0.115. The highest BCUT2D eigenvalue weighted by Gasteiger charge is 2.17. The summed E-state index contributed by atoms with van der Waals surface area (Å²) in [7, 11) is 0. The standard InChI is InChI=1S/C16H19ClN2OS/c1-11(2)16(14-8-5-9-21-14)18-10-15(20)19-13-7-4-3-6-12(13)17/h3-9,11,16,18H,10H2,1-2H3,(H,19,20). The van der Waals surface area contributed by atoms with E-state index in [9.17, 15) is 4.79 Å². The van der Waals surface area contributed by atoms with Gasteiger partial charge in [-0.15, -0.1) is 11.3 Å². The first-order valence-electron chi connectivity index (χ1n) is 6.89. The molecule has 1 atom stereocenters. The van der Waals surface area contributed by atoms with Crippen molar-refractivity contribution >= 4 is 34.5 Å². The van der Waals surface area contributed by atoms with Crippen molar-refractivity contribution in [2.45, 2.75) is 19.9 Å². The Morgan fingerprint density at radius 2 is 2.00 bits per heavy atom. The van der Waals surface area contributed by atoms with Gasteiger partial charge in [-0.1, -0.05) is 43.6 Å². The highest BCUT2D eigenvalue weighted by Crippen LogP contribution is 2.25. The molecule has 1 aromatic carbocycles. The molecule has 0 saturated carbocycles. The summed E-state index contributed by atoms with van der Waals surface area (Å²) >= 11 is 7.73. The van der Waals surface area contributed by atoms with Gasteiger partial charge in [-0.2, -0.15) is 0 Å². The number of anilines is 1. The Kier molecular flexibility index (Phi) is 5.79. The third-order valence-corrected chi connectivity index (χ3v) is 4.43.